The number of fused-ring (bicyclic) bond motifs is 6. The molecule has 10 aromatic rings. The van der Waals surface area contributed by atoms with Crippen LogP contribution < -0.4 is 9.47 Å². The molecule has 0 fully saturated rings. The Bertz CT molecular complexity index is 2790. The fraction of sp³-hybridized carbons (Fsp3) is 0. The SMILES string of the molecule is [C-]#Cn1cccc1.[C-]#Cn1cccc1.[Pt].[Pt].[c-]1c(-c2[c-]c(Oc3ccccn3)c3c([c-]2)ccc2ccccc23)[c-]c2ccc3ccccc3c2c1Oc1ccccn1. The van der Waals surface area contributed by atoms with Crippen molar-refractivity contribution in [1.82, 2.24) is 19.1 Å². The van der Waals surface area contributed by atoms with Gasteiger partial charge in [-0.05, 0) is 47.2 Å². The number of nitrogens with zero attached hydrogens (tertiary/aromatic N) is 4. The zero-order chi connectivity index (χ0) is 38.1. The maximum atomic E-state index is 6.57. The van der Waals surface area contributed by atoms with E-state index in [0.717, 1.165) is 43.1 Å². The molecule has 0 N–H and O–H groups in total. The molecule has 0 amide bonds. The Balaban J connectivity index is 0.000000300. The molecule has 10 rings (SSSR count). The molecule has 0 saturated carbocycles. The van der Waals surface area contributed by atoms with Gasteiger partial charge < -0.3 is 66.8 Å². The summed E-state index contributed by atoms with van der Waals surface area (Å²) in [5, 5.41) is 7.93. The Hall–Kier alpha value is -6.68. The normalized spacial score (nSPS) is 10.1. The average molecular weight is 1110 g/mol. The van der Waals surface area contributed by atoms with Gasteiger partial charge in [0, 0.05) is 91.4 Å². The van der Waals surface area contributed by atoms with E-state index >= 15 is 0 Å². The number of pyridine rings is 2. The van der Waals surface area contributed by atoms with Gasteiger partial charge in [0.25, 0.3) is 0 Å². The third-order valence-electron chi connectivity index (χ3n) is 8.71. The molecule has 8 heteroatoms. The summed E-state index contributed by atoms with van der Waals surface area (Å²) in [7, 11) is 0. The maximum absolute atomic E-state index is 6.57. The first kappa shape index (κ1) is 41.0. The minimum atomic E-state index is 0. The molecular formula is C50H28N4O2Pt2-6. The molecule has 0 saturated heterocycles. The molecule has 0 unspecified atom stereocenters. The molecule has 0 aliphatic carbocycles. The van der Waals surface area contributed by atoms with Gasteiger partial charge in [-0.1, -0.05) is 107 Å². The molecule has 0 spiro atoms. The smallest absolute Gasteiger partial charge is 0.215 e. The summed E-state index contributed by atoms with van der Waals surface area (Å²) in [6, 6.07) is 61.8. The van der Waals surface area contributed by atoms with Crippen LogP contribution in [0.3, 0.4) is 0 Å². The van der Waals surface area contributed by atoms with Crippen LogP contribution in [0, 0.1) is 49.2 Å². The molecule has 286 valence electrons. The van der Waals surface area contributed by atoms with Crippen LogP contribution in [-0.2, 0) is 42.1 Å². The first-order chi connectivity index (χ1) is 27.7. The summed E-state index contributed by atoms with van der Waals surface area (Å²) >= 11 is 0. The van der Waals surface area contributed by atoms with E-state index in [2.05, 4.69) is 94.9 Å². The molecule has 6 aromatic carbocycles. The number of hydrogen-bond acceptors (Lipinski definition) is 4. The van der Waals surface area contributed by atoms with Gasteiger partial charge in [-0.25, -0.2) is 32.8 Å². The second kappa shape index (κ2) is 19.5. The van der Waals surface area contributed by atoms with Gasteiger partial charge in [0.05, 0.1) is 0 Å². The van der Waals surface area contributed by atoms with Crippen molar-refractivity contribution in [3.05, 3.63) is 208 Å². The van der Waals surface area contributed by atoms with Gasteiger partial charge in [-0.15, -0.1) is 10.8 Å². The number of rotatable bonds is 5. The molecular weight excluding hydrogens is 1080 g/mol. The average Bonchev–Trinajstić information content (AvgIpc) is 4.00. The first-order valence-electron chi connectivity index (χ1n) is 17.6. The molecule has 6 nitrogen and oxygen atoms in total. The number of benzene rings is 6. The molecule has 0 aliphatic rings. The zero-order valence-electron chi connectivity index (χ0n) is 30.4. The molecule has 4 aromatic heterocycles. The van der Waals surface area contributed by atoms with E-state index in [4.69, 9.17) is 22.3 Å². The van der Waals surface area contributed by atoms with Crippen molar-refractivity contribution in [1.29, 1.82) is 0 Å². The summed E-state index contributed by atoms with van der Waals surface area (Å²) in [6.45, 7) is 0. The molecule has 4 heterocycles. The van der Waals surface area contributed by atoms with E-state index in [1.54, 1.807) is 46.3 Å². The molecule has 0 bridgehead atoms. The van der Waals surface area contributed by atoms with Crippen molar-refractivity contribution in [3.8, 4) is 46.5 Å². The Morgan fingerprint density at radius 2 is 0.845 bits per heavy atom. The van der Waals surface area contributed by atoms with E-state index in [1.807, 2.05) is 84.9 Å². The van der Waals surface area contributed by atoms with Gasteiger partial charge in [0.1, 0.15) is 0 Å². The summed E-state index contributed by atoms with van der Waals surface area (Å²) in [5.74, 6) is 2.08. The monoisotopic (exact) mass is 1110 g/mol. The molecule has 0 atom stereocenters. The van der Waals surface area contributed by atoms with Gasteiger partial charge in [-0.3, -0.25) is 0 Å². The second-order valence-corrected chi connectivity index (χ2v) is 12.3. The van der Waals surface area contributed by atoms with Gasteiger partial charge in [-0.2, -0.15) is 0 Å². The van der Waals surface area contributed by atoms with E-state index < -0.39 is 0 Å². The van der Waals surface area contributed by atoms with E-state index in [-0.39, 0.29) is 42.1 Å². The van der Waals surface area contributed by atoms with Gasteiger partial charge >= 0.3 is 0 Å². The Morgan fingerprint density at radius 3 is 1.21 bits per heavy atom. The Labute approximate surface area is 365 Å². The largest absolute Gasteiger partial charge is 0.669 e. The quantitative estimate of drug-likeness (QED) is 0.0979. The zero-order valence-corrected chi connectivity index (χ0v) is 34.9. The molecule has 0 aliphatic heterocycles. The summed E-state index contributed by atoms with van der Waals surface area (Å²) in [4.78, 5) is 8.80. The van der Waals surface area contributed by atoms with Crippen molar-refractivity contribution >= 4 is 43.1 Å². The van der Waals surface area contributed by atoms with Crippen molar-refractivity contribution in [2.45, 2.75) is 0 Å². The van der Waals surface area contributed by atoms with Crippen LogP contribution in [0.2, 0.25) is 0 Å². The fourth-order valence-electron chi connectivity index (χ4n) is 6.17. The summed E-state index contributed by atoms with van der Waals surface area (Å²) in [5.41, 5.74) is 1.31. The van der Waals surface area contributed by atoms with Crippen molar-refractivity contribution in [2.24, 2.45) is 0 Å². The first-order valence-corrected chi connectivity index (χ1v) is 17.6. The minimum Gasteiger partial charge on any atom is -0.669 e. The van der Waals surface area contributed by atoms with E-state index in [9.17, 15) is 0 Å². The van der Waals surface area contributed by atoms with Gasteiger partial charge in [0.15, 0.2) is 0 Å². The maximum Gasteiger partial charge on any atom is 0.215 e. The minimum absolute atomic E-state index is 0. The topological polar surface area (TPSA) is 54.1 Å². The Kier molecular flexibility index (Phi) is 13.7. The van der Waals surface area contributed by atoms with Crippen molar-refractivity contribution in [2.75, 3.05) is 0 Å². The predicted molar refractivity (Wildman–Crippen MR) is 220 cm³/mol. The van der Waals surface area contributed by atoms with Crippen LogP contribution in [0.4, 0.5) is 0 Å². The standard InChI is InChI=1S/C38H20N2O2.2C6H4N.2Pt/c1-3-11-31-25(9-1)15-17-27-21-29(23-33(37(27)31)41-35-13-5-7-19-39-35)30-22-28-18-16-26-10-2-4-12-32(26)38(28)34(24-30)42-36-14-6-8-20-40-36;2*1-2-7-5-3-4-6-7;;/h1-20H;2*3-6H;;/q-4;2*-1;;. The van der Waals surface area contributed by atoms with E-state index in [1.165, 1.54) is 0 Å². The summed E-state index contributed by atoms with van der Waals surface area (Å²) in [6.07, 6.45) is 23.6. The second-order valence-electron chi connectivity index (χ2n) is 12.3. The third kappa shape index (κ3) is 9.29. The Morgan fingerprint density at radius 1 is 0.448 bits per heavy atom. The number of aromatic nitrogens is 4. The summed E-state index contributed by atoms with van der Waals surface area (Å²) < 4.78 is 15.8. The van der Waals surface area contributed by atoms with Crippen LogP contribution in [0.5, 0.6) is 23.3 Å². The van der Waals surface area contributed by atoms with Crippen LogP contribution in [-0.4, -0.2) is 19.1 Å². The predicted octanol–water partition coefficient (Wildman–Crippen LogP) is 11.3. The van der Waals surface area contributed by atoms with Crippen molar-refractivity contribution < 1.29 is 51.6 Å². The third-order valence-corrected chi connectivity index (χ3v) is 8.71. The van der Waals surface area contributed by atoms with E-state index in [0.29, 0.717) is 34.4 Å². The van der Waals surface area contributed by atoms with Crippen LogP contribution >= 0.6 is 0 Å². The molecule has 58 heavy (non-hydrogen) atoms. The van der Waals surface area contributed by atoms with Gasteiger partial charge in [0.2, 0.25) is 11.8 Å². The van der Waals surface area contributed by atoms with Crippen LogP contribution in [0.25, 0.3) is 54.2 Å². The number of hydrogen-bond donors (Lipinski definition) is 0. The van der Waals surface area contributed by atoms with Crippen molar-refractivity contribution in [3.63, 3.8) is 0 Å². The number of ether oxygens (including phenoxy) is 2. The van der Waals surface area contributed by atoms with Crippen LogP contribution in [0.15, 0.2) is 171 Å². The fourth-order valence-corrected chi connectivity index (χ4v) is 6.17. The molecule has 0 radical (unpaired) electrons. The van der Waals surface area contributed by atoms with Crippen LogP contribution in [0.1, 0.15) is 0 Å².